The molecule has 1 aliphatic rings. The normalized spacial score (nSPS) is 17.8. The highest BCUT2D eigenvalue weighted by molar-refractivity contribution is 5.98. The van der Waals surface area contributed by atoms with Crippen LogP contribution in [0.1, 0.15) is 12.8 Å². The van der Waals surface area contributed by atoms with E-state index in [9.17, 15) is 9.50 Å². The molecular weight excluding hydrogens is 273 g/mol. The molecule has 0 bridgehead atoms. The van der Waals surface area contributed by atoms with E-state index in [1.807, 2.05) is 0 Å². The molecule has 0 aliphatic carbocycles. The van der Waals surface area contributed by atoms with Crippen molar-refractivity contribution in [2.75, 3.05) is 30.9 Å². The fourth-order valence-corrected chi connectivity index (χ4v) is 2.71. The van der Waals surface area contributed by atoms with Crippen LogP contribution >= 0.6 is 0 Å². The molecule has 3 rings (SSSR count). The van der Waals surface area contributed by atoms with Crippen LogP contribution in [-0.2, 0) is 4.74 Å². The minimum atomic E-state index is -0.584. The van der Waals surface area contributed by atoms with Gasteiger partial charge in [0.25, 0.3) is 0 Å². The molecule has 4 N–H and O–H groups in total. The van der Waals surface area contributed by atoms with Gasteiger partial charge in [0.1, 0.15) is 0 Å². The molecule has 2 heterocycles. The van der Waals surface area contributed by atoms with Gasteiger partial charge in [-0.25, -0.2) is 4.39 Å². The molecule has 21 heavy (non-hydrogen) atoms. The summed E-state index contributed by atoms with van der Waals surface area (Å²) >= 11 is 0. The maximum Gasteiger partial charge on any atom is 0.150 e. The Morgan fingerprint density at radius 3 is 2.90 bits per heavy atom. The van der Waals surface area contributed by atoms with Crippen LogP contribution < -0.4 is 11.1 Å². The topological polar surface area (TPSA) is 80.4 Å². The largest absolute Gasteiger partial charge is 0.398 e. The average molecular weight is 291 g/mol. The van der Waals surface area contributed by atoms with E-state index < -0.39 is 11.4 Å². The Bertz CT molecular complexity index is 657. The minimum Gasteiger partial charge on any atom is -0.398 e. The Hall–Kier alpha value is -1.92. The van der Waals surface area contributed by atoms with Crippen molar-refractivity contribution in [2.45, 2.75) is 18.4 Å². The number of pyridine rings is 1. The summed E-state index contributed by atoms with van der Waals surface area (Å²) in [6.45, 7) is 0.986. The Balaban J connectivity index is 2.07. The number of nitrogens with two attached hydrogens (primary N) is 1. The van der Waals surface area contributed by atoms with Crippen molar-refractivity contribution in [1.29, 1.82) is 0 Å². The van der Waals surface area contributed by atoms with E-state index in [0.717, 1.165) is 0 Å². The summed E-state index contributed by atoms with van der Waals surface area (Å²) in [6.07, 6.45) is 2.82. The molecule has 0 spiro atoms. The number of nitrogen functional groups attached to an aromatic ring is 1. The summed E-state index contributed by atoms with van der Waals surface area (Å²) in [5.41, 5.74) is 6.39. The third kappa shape index (κ3) is 2.52. The van der Waals surface area contributed by atoms with Crippen LogP contribution in [0.3, 0.4) is 0 Å². The van der Waals surface area contributed by atoms with E-state index in [1.165, 1.54) is 6.07 Å². The summed E-state index contributed by atoms with van der Waals surface area (Å²) < 4.78 is 19.7. The minimum absolute atomic E-state index is 0.0888. The molecule has 1 fully saturated rings. The van der Waals surface area contributed by atoms with Gasteiger partial charge in [-0.3, -0.25) is 4.98 Å². The molecule has 1 aromatic heterocycles. The number of aliphatic hydroxyl groups is 1. The number of aromatic nitrogens is 1. The van der Waals surface area contributed by atoms with Gasteiger partial charge in [-0.15, -0.1) is 0 Å². The van der Waals surface area contributed by atoms with E-state index >= 15 is 0 Å². The standard InChI is InChI=1S/C15H18FN3O2/c16-11-8-12(17)10-2-1-5-18-13(10)14(11)19-15(9-20)3-6-21-7-4-15/h1-2,5,8,19-20H,3-4,6-7,9,17H2. The van der Waals surface area contributed by atoms with E-state index in [-0.39, 0.29) is 12.3 Å². The number of fused-ring (bicyclic) bond motifs is 1. The first-order chi connectivity index (χ1) is 10.2. The number of benzene rings is 1. The zero-order valence-electron chi connectivity index (χ0n) is 11.6. The van der Waals surface area contributed by atoms with Crippen molar-refractivity contribution in [3.05, 3.63) is 30.2 Å². The van der Waals surface area contributed by atoms with Crippen molar-refractivity contribution in [1.82, 2.24) is 4.98 Å². The smallest absolute Gasteiger partial charge is 0.150 e. The lowest BCUT2D eigenvalue weighted by molar-refractivity contribution is 0.0379. The van der Waals surface area contributed by atoms with E-state index in [2.05, 4.69) is 10.3 Å². The van der Waals surface area contributed by atoms with E-state index in [0.29, 0.717) is 42.6 Å². The predicted octanol–water partition coefficient (Wildman–Crippen LogP) is 1.91. The summed E-state index contributed by atoms with van der Waals surface area (Å²) in [5, 5.41) is 13.6. The molecule has 0 unspecified atom stereocenters. The molecule has 5 nitrogen and oxygen atoms in total. The maximum atomic E-state index is 14.3. The second kappa shape index (κ2) is 5.46. The van der Waals surface area contributed by atoms with Crippen LogP contribution in [0, 0.1) is 5.82 Å². The number of nitrogens with one attached hydrogen (secondary N) is 1. The number of ether oxygens (including phenoxy) is 1. The third-order valence-corrected chi connectivity index (χ3v) is 4.02. The summed E-state index contributed by atoms with van der Waals surface area (Å²) in [4.78, 5) is 4.24. The van der Waals surface area contributed by atoms with Crippen LogP contribution in [0.2, 0.25) is 0 Å². The fraction of sp³-hybridized carbons (Fsp3) is 0.400. The average Bonchev–Trinajstić information content (AvgIpc) is 2.52. The predicted molar refractivity (Wildman–Crippen MR) is 79.6 cm³/mol. The second-order valence-corrected chi connectivity index (χ2v) is 5.40. The molecule has 0 amide bonds. The molecule has 112 valence electrons. The summed E-state index contributed by atoms with van der Waals surface area (Å²) in [5.74, 6) is -0.460. The molecule has 0 saturated carbocycles. The molecule has 6 heteroatoms. The summed E-state index contributed by atoms with van der Waals surface area (Å²) in [7, 11) is 0. The van der Waals surface area contributed by atoms with Crippen molar-refractivity contribution in [3.8, 4) is 0 Å². The lowest BCUT2D eigenvalue weighted by atomic mass is 9.90. The Labute approximate surface area is 121 Å². The van der Waals surface area contributed by atoms with Crippen molar-refractivity contribution in [3.63, 3.8) is 0 Å². The second-order valence-electron chi connectivity index (χ2n) is 5.40. The van der Waals surface area contributed by atoms with E-state index in [1.54, 1.807) is 18.3 Å². The fourth-order valence-electron chi connectivity index (χ4n) is 2.71. The van der Waals surface area contributed by atoms with Gasteiger partial charge in [0.05, 0.1) is 23.3 Å². The molecule has 1 saturated heterocycles. The number of anilines is 2. The highest BCUT2D eigenvalue weighted by Gasteiger charge is 2.33. The number of rotatable bonds is 3. The molecule has 1 aromatic carbocycles. The highest BCUT2D eigenvalue weighted by Crippen LogP contribution is 2.34. The first kappa shape index (κ1) is 14.0. The Morgan fingerprint density at radius 1 is 1.43 bits per heavy atom. The van der Waals surface area contributed by atoms with Crippen LogP contribution in [-0.4, -0.2) is 35.5 Å². The van der Waals surface area contributed by atoms with Crippen molar-refractivity contribution in [2.24, 2.45) is 0 Å². The lowest BCUT2D eigenvalue weighted by Gasteiger charge is -2.37. The van der Waals surface area contributed by atoms with Gasteiger partial charge in [-0.2, -0.15) is 0 Å². The van der Waals surface area contributed by atoms with Crippen LogP contribution in [0.4, 0.5) is 15.8 Å². The SMILES string of the molecule is Nc1cc(F)c(NC2(CO)CCOCC2)c2ncccc12. The van der Waals surface area contributed by atoms with Gasteiger partial charge in [-0.05, 0) is 31.0 Å². The molecule has 2 aromatic rings. The van der Waals surface area contributed by atoms with Gasteiger partial charge in [0.15, 0.2) is 5.82 Å². The van der Waals surface area contributed by atoms with Gasteiger partial charge < -0.3 is 20.9 Å². The lowest BCUT2D eigenvalue weighted by Crippen LogP contribution is -2.47. The van der Waals surface area contributed by atoms with Crippen LogP contribution in [0.5, 0.6) is 0 Å². The maximum absolute atomic E-state index is 14.3. The monoisotopic (exact) mass is 291 g/mol. The van der Waals surface area contributed by atoms with Gasteiger partial charge in [-0.1, -0.05) is 0 Å². The number of hydrogen-bond donors (Lipinski definition) is 3. The zero-order chi connectivity index (χ0) is 14.9. The molecule has 1 aliphatic heterocycles. The molecule has 0 atom stereocenters. The summed E-state index contributed by atoms with van der Waals surface area (Å²) in [6, 6.07) is 4.85. The Morgan fingerprint density at radius 2 is 2.19 bits per heavy atom. The molecular formula is C15H18FN3O2. The quantitative estimate of drug-likeness (QED) is 0.753. The third-order valence-electron chi connectivity index (χ3n) is 4.02. The first-order valence-corrected chi connectivity index (χ1v) is 6.95. The molecule has 0 radical (unpaired) electrons. The zero-order valence-corrected chi connectivity index (χ0v) is 11.6. The van der Waals surface area contributed by atoms with Gasteiger partial charge in [0, 0.05) is 30.5 Å². The number of nitrogens with zero attached hydrogens (tertiary/aromatic N) is 1. The Kier molecular flexibility index (Phi) is 3.65. The highest BCUT2D eigenvalue weighted by atomic mass is 19.1. The number of aliphatic hydroxyl groups excluding tert-OH is 1. The van der Waals surface area contributed by atoms with Crippen LogP contribution in [0.25, 0.3) is 10.9 Å². The first-order valence-electron chi connectivity index (χ1n) is 6.95. The van der Waals surface area contributed by atoms with Crippen molar-refractivity contribution >= 4 is 22.3 Å². The van der Waals surface area contributed by atoms with Gasteiger partial charge >= 0.3 is 0 Å². The number of halogens is 1. The van der Waals surface area contributed by atoms with Crippen LogP contribution in [0.15, 0.2) is 24.4 Å². The number of hydrogen-bond acceptors (Lipinski definition) is 5. The van der Waals surface area contributed by atoms with Crippen molar-refractivity contribution < 1.29 is 14.2 Å². The van der Waals surface area contributed by atoms with Gasteiger partial charge in [0.2, 0.25) is 0 Å². The van der Waals surface area contributed by atoms with E-state index in [4.69, 9.17) is 10.5 Å².